The van der Waals surface area contributed by atoms with Crippen LogP contribution in [0.2, 0.25) is 5.02 Å². The minimum atomic E-state index is -0.347. The van der Waals surface area contributed by atoms with E-state index in [1.165, 1.54) is 6.07 Å². The van der Waals surface area contributed by atoms with Crippen LogP contribution in [0.5, 0.6) is 5.75 Å². The first-order valence-corrected chi connectivity index (χ1v) is 6.32. The van der Waals surface area contributed by atoms with Crippen LogP contribution in [-0.2, 0) is 14.3 Å². The van der Waals surface area contributed by atoms with Gasteiger partial charge < -0.3 is 25.8 Å². The van der Waals surface area contributed by atoms with Crippen molar-refractivity contribution in [2.75, 3.05) is 37.0 Å². The molecule has 8 heteroatoms. The smallest absolute Gasteiger partial charge is 0.262 e. The van der Waals surface area contributed by atoms with Crippen molar-refractivity contribution in [1.29, 1.82) is 0 Å². The van der Waals surface area contributed by atoms with Gasteiger partial charge in [-0.25, -0.2) is 0 Å². The standard InChI is InChI=1S/C12H14ClN3O4/c13-7-3-9-10(20-6-12(18)16-9)4-8(7)15-11(17)5-19-2-1-14/h3-4H,1-2,5-6,14H2,(H,15,17)(H,16,18). The van der Waals surface area contributed by atoms with E-state index in [1.807, 2.05) is 0 Å². The van der Waals surface area contributed by atoms with E-state index >= 15 is 0 Å². The van der Waals surface area contributed by atoms with Gasteiger partial charge >= 0.3 is 0 Å². The van der Waals surface area contributed by atoms with Crippen molar-refractivity contribution < 1.29 is 19.1 Å². The molecule has 0 bridgehead atoms. The van der Waals surface area contributed by atoms with Gasteiger partial charge in [-0.05, 0) is 6.07 Å². The number of halogens is 1. The summed E-state index contributed by atoms with van der Waals surface area (Å²) in [6, 6.07) is 3.07. The number of hydrogen-bond donors (Lipinski definition) is 3. The zero-order chi connectivity index (χ0) is 14.5. The minimum absolute atomic E-state index is 0.0678. The number of ether oxygens (including phenoxy) is 2. The number of anilines is 2. The first kappa shape index (κ1) is 14.6. The highest BCUT2D eigenvalue weighted by Gasteiger charge is 2.18. The molecular formula is C12H14ClN3O4. The quantitative estimate of drug-likeness (QED) is 0.690. The van der Waals surface area contributed by atoms with Crippen molar-refractivity contribution in [3.63, 3.8) is 0 Å². The Kier molecular flexibility index (Phi) is 4.78. The van der Waals surface area contributed by atoms with Crippen LogP contribution in [0.4, 0.5) is 11.4 Å². The molecule has 0 fully saturated rings. The fraction of sp³-hybridized carbons (Fsp3) is 0.333. The number of amides is 2. The SMILES string of the molecule is NCCOCC(=O)Nc1cc2c(cc1Cl)NC(=O)CO2. The van der Waals surface area contributed by atoms with Gasteiger partial charge in [-0.3, -0.25) is 9.59 Å². The lowest BCUT2D eigenvalue weighted by molar-refractivity contribution is -0.120. The van der Waals surface area contributed by atoms with Crippen LogP contribution in [0.1, 0.15) is 0 Å². The van der Waals surface area contributed by atoms with Gasteiger partial charge in [0.1, 0.15) is 12.4 Å². The van der Waals surface area contributed by atoms with Crippen molar-refractivity contribution in [1.82, 2.24) is 0 Å². The van der Waals surface area contributed by atoms with E-state index in [9.17, 15) is 9.59 Å². The molecule has 0 radical (unpaired) electrons. The molecule has 108 valence electrons. The van der Waals surface area contributed by atoms with Crippen molar-refractivity contribution in [2.24, 2.45) is 5.73 Å². The predicted octanol–water partition coefficient (Wildman–Crippen LogP) is 0.585. The normalized spacial score (nSPS) is 13.2. The molecule has 0 spiro atoms. The maximum atomic E-state index is 11.6. The van der Waals surface area contributed by atoms with E-state index in [4.69, 9.17) is 26.8 Å². The first-order valence-electron chi connectivity index (χ1n) is 5.94. The molecule has 0 atom stereocenters. The minimum Gasteiger partial charge on any atom is -0.482 e. The van der Waals surface area contributed by atoms with Gasteiger partial charge in [0.05, 0.1) is 23.0 Å². The number of fused-ring (bicyclic) bond motifs is 1. The molecule has 4 N–H and O–H groups in total. The van der Waals surface area contributed by atoms with E-state index < -0.39 is 0 Å². The molecule has 0 saturated heterocycles. The Bertz CT molecular complexity index is 536. The first-order chi connectivity index (χ1) is 9.60. The summed E-state index contributed by atoms with van der Waals surface area (Å²) in [7, 11) is 0. The van der Waals surface area contributed by atoms with E-state index in [-0.39, 0.29) is 25.0 Å². The Morgan fingerprint density at radius 2 is 2.35 bits per heavy atom. The van der Waals surface area contributed by atoms with Gasteiger partial charge in [-0.15, -0.1) is 0 Å². The Morgan fingerprint density at radius 3 is 3.10 bits per heavy atom. The highest BCUT2D eigenvalue weighted by Crippen LogP contribution is 2.36. The molecule has 1 aromatic carbocycles. The van der Waals surface area contributed by atoms with E-state index in [0.29, 0.717) is 35.3 Å². The lowest BCUT2D eigenvalue weighted by Crippen LogP contribution is -2.26. The Morgan fingerprint density at radius 1 is 1.55 bits per heavy atom. The molecule has 0 unspecified atom stereocenters. The average Bonchev–Trinajstić information content (AvgIpc) is 2.40. The molecule has 1 heterocycles. The second kappa shape index (κ2) is 6.56. The number of nitrogens with two attached hydrogens (primary N) is 1. The molecule has 0 saturated carbocycles. The summed E-state index contributed by atoms with van der Waals surface area (Å²) in [6.45, 7) is 0.477. The fourth-order valence-electron chi connectivity index (χ4n) is 1.63. The molecule has 1 aliphatic rings. The van der Waals surface area contributed by atoms with E-state index in [2.05, 4.69) is 10.6 Å². The lowest BCUT2D eigenvalue weighted by atomic mass is 10.2. The average molecular weight is 300 g/mol. The van der Waals surface area contributed by atoms with Crippen molar-refractivity contribution in [3.8, 4) is 5.75 Å². The number of rotatable bonds is 5. The van der Waals surface area contributed by atoms with Crippen LogP contribution in [0, 0.1) is 0 Å². The molecule has 1 aromatic rings. The monoisotopic (exact) mass is 299 g/mol. The van der Waals surface area contributed by atoms with Crippen molar-refractivity contribution in [2.45, 2.75) is 0 Å². The maximum absolute atomic E-state index is 11.6. The summed E-state index contributed by atoms with van der Waals surface area (Å²) < 4.78 is 10.3. The van der Waals surface area contributed by atoms with Crippen molar-refractivity contribution >= 4 is 34.8 Å². The third kappa shape index (κ3) is 3.60. The summed E-state index contributed by atoms with van der Waals surface area (Å²) in [5.74, 6) is -0.146. The van der Waals surface area contributed by atoms with Crippen LogP contribution < -0.4 is 21.1 Å². The zero-order valence-electron chi connectivity index (χ0n) is 10.6. The van der Waals surface area contributed by atoms with Gasteiger partial charge in [-0.2, -0.15) is 0 Å². The third-order valence-electron chi connectivity index (χ3n) is 2.47. The third-order valence-corrected chi connectivity index (χ3v) is 2.78. The largest absolute Gasteiger partial charge is 0.482 e. The zero-order valence-corrected chi connectivity index (χ0v) is 11.3. The summed E-state index contributed by atoms with van der Waals surface area (Å²) in [6.07, 6.45) is 0. The number of carbonyl (C=O) groups excluding carboxylic acids is 2. The number of hydrogen-bond acceptors (Lipinski definition) is 5. The lowest BCUT2D eigenvalue weighted by Gasteiger charge is -2.19. The summed E-state index contributed by atoms with van der Waals surface area (Å²) >= 11 is 6.03. The molecular weight excluding hydrogens is 286 g/mol. The molecule has 0 aromatic heterocycles. The summed E-state index contributed by atoms with van der Waals surface area (Å²) in [5.41, 5.74) is 6.12. The van der Waals surface area contributed by atoms with Gasteiger partial charge in [0, 0.05) is 12.6 Å². The van der Waals surface area contributed by atoms with Gasteiger partial charge in [0.25, 0.3) is 5.91 Å². The van der Waals surface area contributed by atoms with Crippen LogP contribution in [-0.4, -0.2) is 38.2 Å². The Balaban J connectivity index is 2.05. The van der Waals surface area contributed by atoms with E-state index in [0.717, 1.165) is 0 Å². The molecule has 1 aliphatic heterocycles. The number of carbonyl (C=O) groups is 2. The van der Waals surface area contributed by atoms with Gasteiger partial charge in [0.2, 0.25) is 5.91 Å². The summed E-state index contributed by atoms with van der Waals surface area (Å²) in [5, 5.41) is 5.52. The van der Waals surface area contributed by atoms with Gasteiger partial charge in [0.15, 0.2) is 6.61 Å². The molecule has 0 aliphatic carbocycles. The van der Waals surface area contributed by atoms with E-state index in [1.54, 1.807) is 6.07 Å². The molecule has 2 amide bonds. The number of benzene rings is 1. The highest BCUT2D eigenvalue weighted by molar-refractivity contribution is 6.34. The second-order valence-corrected chi connectivity index (χ2v) is 4.46. The second-order valence-electron chi connectivity index (χ2n) is 4.05. The molecule has 20 heavy (non-hydrogen) atoms. The maximum Gasteiger partial charge on any atom is 0.262 e. The summed E-state index contributed by atoms with van der Waals surface area (Å²) in [4.78, 5) is 22.8. The highest BCUT2D eigenvalue weighted by atomic mass is 35.5. The number of nitrogens with one attached hydrogen (secondary N) is 2. The molecule has 2 rings (SSSR count). The Labute approximate surface area is 120 Å². The predicted molar refractivity (Wildman–Crippen MR) is 74.1 cm³/mol. The van der Waals surface area contributed by atoms with Crippen LogP contribution in [0.3, 0.4) is 0 Å². The van der Waals surface area contributed by atoms with Crippen LogP contribution in [0.25, 0.3) is 0 Å². The van der Waals surface area contributed by atoms with Crippen LogP contribution >= 0.6 is 11.6 Å². The topological polar surface area (TPSA) is 103 Å². The van der Waals surface area contributed by atoms with Crippen molar-refractivity contribution in [3.05, 3.63) is 17.2 Å². The fourth-order valence-corrected chi connectivity index (χ4v) is 1.84. The van der Waals surface area contributed by atoms with Crippen LogP contribution in [0.15, 0.2) is 12.1 Å². The Hall–Kier alpha value is -1.83. The molecule has 7 nitrogen and oxygen atoms in total. The van der Waals surface area contributed by atoms with Gasteiger partial charge in [-0.1, -0.05) is 11.6 Å².